The molecule has 3 N–H and O–H groups in total. The number of nitrogens with zero attached hydrogens (tertiary/aromatic N) is 4. The van der Waals surface area contributed by atoms with E-state index in [-0.39, 0.29) is 0 Å². The molecule has 1 fully saturated rings. The van der Waals surface area contributed by atoms with Gasteiger partial charge in [-0.15, -0.1) is 10.2 Å². The van der Waals surface area contributed by atoms with Crippen molar-refractivity contribution in [2.75, 3.05) is 13.6 Å². The normalized spacial score (nSPS) is 17.8. The van der Waals surface area contributed by atoms with Crippen LogP contribution in [-0.2, 0) is 16.0 Å². The molecule has 0 radical (unpaired) electrons. The summed E-state index contributed by atoms with van der Waals surface area (Å²) in [5, 5.41) is 24.0. The Bertz CT molecular complexity index is 1350. The first-order valence-electron chi connectivity index (χ1n) is 14.0. The van der Waals surface area contributed by atoms with E-state index < -0.39 is 11.9 Å². The highest BCUT2D eigenvalue weighted by Crippen LogP contribution is 2.32. The summed E-state index contributed by atoms with van der Waals surface area (Å²) in [4.78, 5) is 24.3. The summed E-state index contributed by atoms with van der Waals surface area (Å²) >= 11 is 0. The maximum atomic E-state index is 9.10. The van der Waals surface area contributed by atoms with Gasteiger partial charge in [0.2, 0.25) is 0 Å². The maximum absolute atomic E-state index is 9.10. The van der Waals surface area contributed by atoms with E-state index in [1.165, 1.54) is 60.6 Å². The molecule has 1 saturated carbocycles. The molecule has 0 bridgehead atoms. The van der Waals surface area contributed by atoms with Crippen LogP contribution in [0.15, 0.2) is 67.4 Å². The Hall–Kier alpha value is -3.98. The number of carbonyl (C=O) groups is 2. The second kappa shape index (κ2) is 13.9. The molecule has 9 nitrogen and oxygen atoms in total. The fourth-order valence-corrected chi connectivity index (χ4v) is 5.79. The number of fused-ring (bicyclic) bond motifs is 1. The van der Waals surface area contributed by atoms with Crippen molar-refractivity contribution < 1.29 is 19.8 Å². The lowest BCUT2D eigenvalue weighted by atomic mass is 9.82. The van der Waals surface area contributed by atoms with Gasteiger partial charge >= 0.3 is 11.9 Å². The molecule has 2 heterocycles. The van der Waals surface area contributed by atoms with Crippen LogP contribution in [0.1, 0.15) is 62.5 Å². The summed E-state index contributed by atoms with van der Waals surface area (Å²) in [5.74, 6) is -2.18. The Kier molecular flexibility index (Phi) is 10.1. The Labute approximate surface area is 234 Å². The van der Waals surface area contributed by atoms with Crippen LogP contribution in [0.25, 0.3) is 16.6 Å². The number of aromatic amines is 1. The third-order valence-corrected chi connectivity index (χ3v) is 8.08. The van der Waals surface area contributed by atoms with Crippen LogP contribution in [0, 0.1) is 5.92 Å². The number of aliphatic carboxylic acids is 2. The van der Waals surface area contributed by atoms with Gasteiger partial charge in [0.25, 0.3) is 0 Å². The predicted octanol–water partition coefficient (Wildman–Crippen LogP) is 5.52. The summed E-state index contributed by atoms with van der Waals surface area (Å²) in [6, 6.07) is 18.2. The zero-order chi connectivity index (χ0) is 28.5. The maximum Gasteiger partial charge on any atom is 0.414 e. The average molecular weight is 546 g/mol. The van der Waals surface area contributed by atoms with Crippen LogP contribution in [0.5, 0.6) is 0 Å². The minimum absolute atomic E-state index is 0.589. The molecule has 0 saturated heterocycles. The van der Waals surface area contributed by atoms with Crippen LogP contribution in [0.3, 0.4) is 0 Å². The zero-order valence-corrected chi connectivity index (χ0v) is 23.2. The van der Waals surface area contributed by atoms with Gasteiger partial charge in [0.15, 0.2) is 0 Å². The van der Waals surface area contributed by atoms with Crippen molar-refractivity contribution >= 4 is 22.8 Å². The van der Waals surface area contributed by atoms with Gasteiger partial charge < -0.3 is 20.1 Å². The molecular weight excluding hydrogens is 506 g/mol. The van der Waals surface area contributed by atoms with Gasteiger partial charge in [0, 0.05) is 35.4 Å². The van der Waals surface area contributed by atoms with Crippen molar-refractivity contribution in [2.45, 2.75) is 63.8 Å². The fraction of sp³-hybridized carbons (Fsp3) is 0.419. The molecule has 0 amide bonds. The molecule has 1 aliphatic rings. The second-order valence-electron chi connectivity index (χ2n) is 10.8. The third-order valence-electron chi connectivity index (χ3n) is 8.08. The van der Waals surface area contributed by atoms with E-state index in [0.717, 1.165) is 30.6 Å². The molecule has 212 valence electrons. The van der Waals surface area contributed by atoms with E-state index in [2.05, 4.69) is 88.8 Å². The Morgan fingerprint density at radius 3 is 2.35 bits per heavy atom. The van der Waals surface area contributed by atoms with E-state index in [4.69, 9.17) is 19.8 Å². The number of nitrogens with one attached hydrogen (secondary N) is 1. The van der Waals surface area contributed by atoms with Crippen LogP contribution in [0.4, 0.5) is 0 Å². The van der Waals surface area contributed by atoms with Crippen molar-refractivity contribution in [3.05, 3.63) is 78.5 Å². The van der Waals surface area contributed by atoms with E-state index in [0.29, 0.717) is 5.92 Å². The summed E-state index contributed by atoms with van der Waals surface area (Å²) in [7, 11) is 2.33. The molecule has 40 heavy (non-hydrogen) atoms. The van der Waals surface area contributed by atoms with Crippen molar-refractivity contribution in [1.82, 2.24) is 24.6 Å². The third kappa shape index (κ3) is 7.79. The zero-order valence-electron chi connectivity index (χ0n) is 23.2. The Morgan fingerprint density at radius 2 is 1.70 bits per heavy atom. The molecule has 1 atom stereocenters. The molecular formula is C31H39N5O4. The van der Waals surface area contributed by atoms with Crippen molar-refractivity contribution in [3.63, 3.8) is 0 Å². The number of carboxylic acids is 2. The van der Waals surface area contributed by atoms with Crippen molar-refractivity contribution in [2.24, 2.45) is 5.92 Å². The fourth-order valence-electron chi connectivity index (χ4n) is 5.79. The van der Waals surface area contributed by atoms with Crippen LogP contribution in [0.2, 0.25) is 0 Å². The molecule has 2 aromatic heterocycles. The lowest BCUT2D eigenvalue weighted by Crippen LogP contribution is -2.37. The van der Waals surface area contributed by atoms with E-state index in [9.17, 15) is 0 Å². The number of rotatable bonds is 9. The van der Waals surface area contributed by atoms with Gasteiger partial charge in [-0.25, -0.2) is 9.59 Å². The predicted molar refractivity (Wildman–Crippen MR) is 155 cm³/mol. The van der Waals surface area contributed by atoms with Gasteiger partial charge in [-0.1, -0.05) is 43.7 Å². The first-order valence-corrected chi connectivity index (χ1v) is 14.0. The van der Waals surface area contributed by atoms with E-state index in [1.54, 1.807) is 12.7 Å². The Morgan fingerprint density at radius 1 is 1.02 bits per heavy atom. The number of aryl methyl sites for hydroxylation is 1. The van der Waals surface area contributed by atoms with Gasteiger partial charge in [-0.3, -0.25) is 4.57 Å². The van der Waals surface area contributed by atoms with Gasteiger partial charge in [0.05, 0.1) is 0 Å². The standard InChI is InChI=1S/C29H37N5.C2H2O4/c1-22(24-8-4-3-5-9-24)19-33(2)26-13-11-23(12-14-26)7-6-10-25-18-30-29-16-15-27(17-28(25)29)34-20-31-32-21-34;3-1(4)2(5)6/h3-5,8-9,15-18,20-23,26,30H,6-7,10-14,19H2,1-2H3;(H,3,4)(H,5,6). The number of hydrogen-bond donors (Lipinski definition) is 3. The Balaban J connectivity index is 0.000000557. The minimum Gasteiger partial charge on any atom is -0.473 e. The summed E-state index contributed by atoms with van der Waals surface area (Å²) in [6.45, 7) is 3.51. The van der Waals surface area contributed by atoms with Crippen LogP contribution >= 0.6 is 0 Å². The minimum atomic E-state index is -1.82. The summed E-state index contributed by atoms with van der Waals surface area (Å²) in [5.41, 5.74) is 5.20. The number of aromatic nitrogens is 4. The highest BCUT2D eigenvalue weighted by molar-refractivity contribution is 6.27. The largest absolute Gasteiger partial charge is 0.473 e. The highest BCUT2D eigenvalue weighted by atomic mass is 16.4. The van der Waals surface area contributed by atoms with Crippen LogP contribution < -0.4 is 0 Å². The molecule has 1 unspecified atom stereocenters. The highest BCUT2D eigenvalue weighted by Gasteiger charge is 2.25. The first-order chi connectivity index (χ1) is 19.3. The summed E-state index contributed by atoms with van der Waals surface area (Å²) in [6.07, 6.45) is 14.9. The molecule has 4 aromatic rings. The lowest BCUT2D eigenvalue weighted by molar-refractivity contribution is -0.159. The SMILES string of the molecule is CC(CN(C)C1CCC(CCCc2c[nH]c3ccc(-n4cnnc4)cc23)CC1)c1ccccc1.O=C(O)C(=O)O. The molecule has 9 heteroatoms. The molecule has 0 spiro atoms. The van der Waals surface area contributed by atoms with E-state index >= 15 is 0 Å². The number of hydrogen-bond acceptors (Lipinski definition) is 5. The van der Waals surface area contributed by atoms with Crippen LogP contribution in [-0.4, -0.2) is 66.4 Å². The number of carboxylic acid groups (broad SMARTS) is 2. The van der Waals surface area contributed by atoms with Gasteiger partial charge in [-0.05, 0) is 86.7 Å². The van der Waals surface area contributed by atoms with Crippen molar-refractivity contribution in [3.8, 4) is 5.69 Å². The van der Waals surface area contributed by atoms with Gasteiger partial charge in [-0.2, -0.15) is 0 Å². The number of H-pyrrole nitrogens is 1. The monoisotopic (exact) mass is 545 g/mol. The molecule has 1 aliphatic carbocycles. The smallest absolute Gasteiger partial charge is 0.414 e. The quantitative estimate of drug-likeness (QED) is 0.237. The second-order valence-corrected chi connectivity index (χ2v) is 10.8. The topological polar surface area (TPSA) is 124 Å². The molecule has 2 aromatic carbocycles. The van der Waals surface area contributed by atoms with Gasteiger partial charge in [0.1, 0.15) is 12.7 Å². The lowest BCUT2D eigenvalue weighted by Gasteiger charge is -2.36. The molecule has 5 rings (SSSR count). The average Bonchev–Trinajstić information content (AvgIpc) is 3.64. The van der Waals surface area contributed by atoms with Crippen molar-refractivity contribution in [1.29, 1.82) is 0 Å². The first kappa shape index (κ1) is 29.0. The molecule has 0 aliphatic heterocycles. The number of likely N-dealkylation sites (N-methyl/N-ethyl adjacent to an activating group) is 1. The number of benzene rings is 2. The summed E-state index contributed by atoms with van der Waals surface area (Å²) < 4.78 is 1.96. The van der Waals surface area contributed by atoms with E-state index in [1.807, 2.05) is 4.57 Å².